The standard InChI is InChI=1S/C66H47NSSi2/c1-5-26-51(27-6-1)69(52-28-7-2-8-29-52,57-36-21-25-50(47-57)67-62-41-16-13-37-58(62)59-38-14-17-42-63(59)67)55-34-19-23-48(45-55)49-24-20-35-56(46-49)70(53-30-9-3-10-31-53,54-32-11-4-12-33-54)65-44-22-40-61-60-39-15-18-43-64(60)68-66(61)65/h1-47H. The fourth-order valence-electron chi connectivity index (χ4n) is 11.7. The van der Waals surface area contributed by atoms with Crippen molar-refractivity contribution in [2.24, 2.45) is 0 Å². The van der Waals surface area contributed by atoms with Gasteiger partial charge in [0, 0.05) is 36.6 Å². The van der Waals surface area contributed by atoms with Crippen molar-refractivity contribution >= 4 is 111 Å². The van der Waals surface area contributed by atoms with E-state index in [1.807, 2.05) is 11.3 Å². The van der Waals surface area contributed by atoms with Crippen LogP contribution in [0.1, 0.15) is 0 Å². The van der Waals surface area contributed by atoms with Gasteiger partial charge in [-0.1, -0.05) is 255 Å². The lowest BCUT2D eigenvalue weighted by Crippen LogP contribution is -2.75. The largest absolute Gasteiger partial charge is 0.309 e. The Kier molecular flexibility index (Phi) is 10.5. The van der Waals surface area contributed by atoms with Gasteiger partial charge in [-0.05, 0) is 83.0 Å². The van der Waals surface area contributed by atoms with Crippen LogP contribution < -0.4 is 41.5 Å². The molecule has 0 atom stereocenters. The van der Waals surface area contributed by atoms with E-state index in [-0.39, 0.29) is 0 Å². The van der Waals surface area contributed by atoms with Gasteiger partial charge in [0.1, 0.15) is 0 Å². The molecule has 1 nitrogen and oxygen atoms in total. The normalized spacial score (nSPS) is 12.0. The number of hydrogen-bond acceptors (Lipinski definition) is 1. The summed E-state index contributed by atoms with van der Waals surface area (Å²) in [6.45, 7) is 0. The van der Waals surface area contributed by atoms with Gasteiger partial charge < -0.3 is 4.57 Å². The minimum atomic E-state index is -3.00. The first-order chi connectivity index (χ1) is 34.7. The smallest absolute Gasteiger partial charge is 0.181 e. The maximum Gasteiger partial charge on any atom is 0.181 e. The quantitative estimate of drug-likeness (QED) is 0.0951. The molecule has 13 aromatic rings. The third-order valence-corrected chi connectivity index (χ3v) is 25.6. The highest BCUT2D eigenvalue weighted by Crippen LogP contribution is 2.35. The molecule has 0 aliphatic rings. The molecule has 0 unspecified atom stereocenters. The lowest BCUT2D eigenvalue weighted by Gasteiger charge is -2.35. The van der Waals surface area contributed by atoms with Gasteiger partial charge in [0.15, 0.2) is 16.1 Å². The Hall–Kier alpha value is -8.13. The maximum absolute atomic E-state index is 3.00. The number of aromatic nitrogens is 1. The van der Waals surface area contributed by atoms with Crippen molar-refractivity contribution < 1.29 is 0 Å². The van der Waals surface area contributed by atoms with Crippen molar-refractivity contribution in [3.05, 3.63) is 285 Å². The SMILES string of the molecule is c1ccc([Si](c2ccccc2)(c2cccc(-c3cccc([Si](c4ccccc4)(c4ccccc4)c4cccc5c4sc4ccccc45)c3)c2)c2cccc(-n3c4ccccc4c4ccccc43)c2)cc1. The summed E-state index contributed by atoms with van der Waals surface area (Å²) in [5.74, 6) is 0. The fourth-order valence-corrected chi connectivity index (χ4v) is 23.1. The molecular weight excluding hydrogens is 895 g/mol. The van der Waals surface area contributed by atoms with Crippen molar-refractivity contribution in [2.45, 2.75) is 0 Å². The molecule has 0 aliphatic carbocycles. The molecule has 13 rings (SSSR count). The first-order valence-corrected chi connectivity index (χ1v) is 29.0. The Morgan fingerprint density at radius 2 is 0.657 bits per heavy atom. The molecule has 0 bridgehead atoms. The van der Waals surface area contributed by atoms with E-state index in [1.165, 1.54) is 100 Å². The predicted octanol–water partition coefficient (Wildman–Crippen LogP) is 11.6. The first kappa shape index (κ1) is 42.0. The first-order valence-electron chi connectivity index (χ1n) is 24.2. The van der Waals surface area contributed by atoms with E-state index in [1.54, 1.807) is 0 Å². The van der Waals surface area contributed by atoms with Crippen LogP contribution >= 0.6 is 11.3 Å². The van der Waals surface area contributed by atoms with Crippen molar-refractivity contribution in [3.8, 4) is 16.8 Å². The average Bonchev–Trinajstić information content (AvgIpc) is 4.00. The highest BCUT2D eigenvalue weighted by atomic mass is 32.1. The summed E-state index contributed by atoms with van der Waals surface area (Å²) in [6.07, 6.45) is 0. The second-order valence-electron chi connectivity index (χ2n) is 18.3. The predicted molar refractivity (Wildman–Crippen MR) is 306 cm³/mol. The lowest BCUT2D eigenvalue weighted by molar-refractivity contribution is 1.18. The Morgan fingerprint density at radius 1 is 0.271 bits per heavy atom. The summed E-state index contributed by atoms with van der Waals surface area (Å²) in [7, 11) is -5.96. The van der Waals surface area contributed by atoms with Gasteiger partial charge in [0.25, 0.3) is 0 Å². The van der Waals surface area contributed by atoms with E-state index in [0.29, 0.717) is 0 Å². The van der Waals surface area contributed by atoms with Crippen LogP contribution in [-0.4, -0.2) is 20.7 Å². The fraction of sp³-hybridized carbons (Fsp3) is 0. The number of hydrogen-bond donors (Lipinski definition) is 0. The summed E-state index contributed by atoms with van der Waals surface area (Å²) in [5, 5.41) is 16.1. The number of benzene rings is 11. The molecule has 330 valence electrons. The Labute approximate surface area is 414 Å². The van der Waals surface area contributed by atoms with Gasteiger partial charge in [-0.3, -0.25) is 0 Å². The Bertz CT molecular complexity index is 3880. The molecule has 0 aliphatic heterocycles. The molecule has 11 aromatic carbocycles. The molecular formula is C66H47NSSi2. The van der Waals surface area contributed by atoms with Crippen molar-refractivity contribution in [2.75, 3.05) is 0 Å². The average molecular weight is 942 g/mol. The van der Waals surface area contributed by atoms with E-state index >= 15 is 0 Å². The summed E-state index contributed by atoms with van der Waals surface area (Å²) < 4.78 is 5.16. The minimum Gasteiger partial charge on any atom is -0.309 e. The van der Waals surface area contributed by atoms with E-state index in [4.69, 9.17) is 0 Å². The van der Waals surface area contributed by atoms with Crippen molar-refractivity contribution in [1.29, 1.82) is 0 Å². The third kappa shape index (κ3) is 6.63. The van der Waals surface area contributed by atoms with Crippen LogP contribution in [0.5, 0.6) is 0 Å². The van der Waals surface area contributed by atoms with Gasteiger partial charge in [-0.2, -0.15) is 0 Å². The molecule has 0 saturated heterocycles. The van der Waals surface area contributed by atoms with Crippen molar-refractivity contribution in [3.63, 3.8) is 0 Å². The zero-order valence-corrected chi connectivity index (χ0v) is 41.3. The highest BCUT2D eigenvalue weighted by molar-refractivity contribution is 7.30. The molecule has 0 spiro atoms. The van der Waals surface area contributed by atoms with Crippen LogP contribution in [0.4, 0.5) is 0 Å². The molecule has 70 heavy (non-hydrogen) atoms. The van der Waals surface area contributed by atoms with Crippen molar-refractivity contribution in [1.82, 2.24) is 4.57 Å². The van der Waals surface area contributed by atoms with Crippen LogP contribution in [-0.2, 0) is 0 Å². The Balaban J connectivity index is 1.05. The van der Waals surface area contributed by atoms with Crippen LogP contribution in [0.25, 0.3) is 58.8 Å². The van der Waals surface area contributed by atoms with Gasteiger partial charge in [-0.15, -0.1) is 11.3 Å². The van der Waals surface area contributed by atoms with Crippen LogP contribution in [0.15, 0.2) is 285 Å². The number of thiophene rings is 1. The van der Waals surface area contributed by atoms with Gasteiger partial charge in [0.05, 0.1) is 11.0 Å². The number of rotatable bonds is 10. The molecule has 2 heterocycles. The third-order valence-electron chi connectivity index (χ3n) is 14.7. The van der Waals surface area contributed by atoms with Gasteiger partial charge in [-0.25, -0.2) is 0 Å². The molecule has 0 amide bonds. The summed E-state index contributed by atoms with van der Waals surface area (Å²) in [6, 6.07) is 108. The topological polar surface area (TPSA) is 4.93 Å². The number of fused-ring (bicyclic) bond motifs is 6. The van der Waals surface area contributed by atoms with Gasteiger partial charge >= 0.3 is 0 Å². The molecule has 0 radical (unpaired) electrons. The maximum atomic E-state index is 2.54. The molecule has 4 heteroatoms. The summed E-state index contributed by atoms with van der Waals surface area (Å²) >= 11 is 1.94. The second kappa shape index (κ2) is 17.4. The van der Waals surface area contributed by atoms with Crippen LogP contribution in [0.3, 0.4) is 0 Å². The molecule has 2 aromatic heterocycles. The highest BCUT2D eigenvalue weighted by Gasteiger charge is 2.44. The molecule has 0 fully saturated rings. The lowest BCUT2D eigenvalue weighted by atomic mass is 10.1. The molecule has 0 saturated carbocycles. The van der Waals surface area contributed by atoms with E-state index in [0.717, 1.165) is 0 Å². The van der Waals surface area contributed by atoms with E-state index in [9.17, 15) is 0 Å². The van der Waals surface area contributed by atoms with Crippen LogP contribution in [0, 0.1) is 0 Å². The second-order valence-corrected chi connectivity index (χ2v) is 27.0. The molecule has 0 N–H and O–H groups in total. The van der Waals surface area contributed by atoms with E-state index < -0.39 is 16.1 Å². The van der Waals surface area contributed by atoms with Gasteiger partial charge in [0.2, 0.25) is 0 Å². The zero-order valence-electron chi connectivity index (χ0n) is 38.5. The minimum absolute atomic E-state index is 1.17. The number of nitrogens with zero attached hydrogens (tertiary/aromatic N) is 1. The zero-order chi connectivity index (χ0) is 46.5. The van der Waals surface area contributed by atoms with Crippen LogP contribution in [0.2, 0.25) is 0 Å². The summed E-state index contributed by atoms with van der Waals surface area (Å²) in [4.78, 5) is 0. The monoisotopic (exact) mass is 941 g/mol. The Morgan fingerprint density at radius 3 is 1.20 bits per heavy atom. The number of para-hydroxylation sites is 2. The van der Waals surface area contributed by atoms with E-state index in [2.05, 4.69) is 290 Å². The summed E-state index contributed by atoms with van der Waals surface area (Å²) in [5.41, 5.74) is 6.02.